The van der Waals surface area contributed by atoms with Crippen LogP contribution in [0.4, 0.5) is 5.69 Å². The zero-order valence-electron chi connectivity index (χ0n) is 11.5. The second kappa shape index (κ2) is 6.14. The number of carbonyl (C=O) groups is 2. The van der Waals surface area contributed by atoms with Gasteiger partial charge in [0, 0.05) is 25.2 Å². The molecule has 0 bridgehead atoms. The lowest BCUT2D eigenvalue weighted by Crippen LogP contribution is -2.14. The zero-order valence-corrected chi connectivity index (χ0v) is 11.5. The van der Waals surface area contributed by atoms with Gasteiger partial charge in [-0.2, -0.15) is 0 Å². The van der Waals surface area contributed by atoms with Gasteiger partial charge >= 0.3 is 0 Å². The van der Waals surface area contributed by atoms with Gasteiger partial charge in [0.05, 0.1) is 11.3 Å². The quantitative estimate of drug-likeness (QED) is 0.849. The van der Waals surface area contributed by atoms with Crippen molar-refractivity contribution in [2.24, 2.45) is 0 Å². The van der Waals surface area contributed by atoms with Gasteiger partial charge in [-0.25, -0.2) is 0 Å². The zero-order chi connectivity index (χ0) is 14.5. The molecular weight excluding hydrogens is 256 g/mol. The van der Waals surface area contributed by atoms with Gasteiger partial charge in [-0.3, -0.25) is 14.6 Å². The third-order valence-electron chi connectivity index (χ3n) is 2.87. The van der Waals surface area contributed by atoms with Gasteiger partial charge in [0.2, 0.25) is 5.91 Å². The largest absolute Gasteiger partial charge is 0.466 e. The van der Waals surface area contributed by atoms with Crippen LogP contribution in [0.2, 0.25) is 0 Å². The van der Waals surface area contributed by atoms with Gasteiger partial charge in [-0.1, -0.05) is 0 Å². The highest BCUT2D eigenvalue weighted by molar-refractivity contribution is 6.03. The summed E-state index contributed by atoms with van der Waals surface area (Å²) in [5, 5.41) is 2.73. The van der Waals surface area contributed by atoms with Crippen LogP contribution in [-0.4, -0.2) is 16.7 Å². The summed E-state index contributed by atoms with van der Waals surface area (Å²) in [6, 6.07) is 5.34. The number of aryl methyl sites for hydroxylation is 2. The first kappa shape index (κ1) is 14.0. The van der Waals surface area contributed by atoms with Crippen molar-refractivity contribution in [2.75, 3.05) is 5.32 Å². The van der Waals surface area contributed by atoms with Gasteiger partial charge in [0.15, 0.2) is 5.78 Å². The van der Waals surface area contributed by atoms with Crippen LogP contribution in [0.15, 0.2) is 35.0 Å². The lowest BCUT2D eigenvalue weighted by molar-refractivity contribution is -0.116. The maximum Gasteiger partial charge on any atom is 0.224 e. The van der Waals surface area contributed by atoms with Crippen LogP contribution in [-0.2, 0) is 11.2 Å². The summed E-state index contributed by atoms with van der Waals surface area (Å²) < 4.78 is 5.40. The Morgan fingerprint density at radius 3 is 2.75 bits per heavy atom. The number of amides is 1. The van der Waals surface area contributed by atoms with Gasteiger partial charge in [-0.15, -0.1) is 0 Å². The molecule has 0 saturated heterocycles. The molecule has 5 nitrogen and oxygen atoms in total. The van der Waals surface area contributed by atoms with Crippen LogP contribution < -0.4 is 5.32 Å². The van der Waals surface area contributed by atoms with Crippen LogP contribution in [0, 0.1) is 6.92 Å². The van der Waals surface area contributed by atoms with Crippen molar-refractivity contribution in [3.05, 3.63) is 47.7 Å². The number of hydrogen-bond donors (Lipinski definition) is 1. The Bertz CT molecular complexity index is 632. The molecule has 0 spiro atoms. The molecule has 1 N–H and O–H groups in total. The van der Waals surface area contributed by atoms with Crippen LogP contribution in [0.25, 0.3) is 0 Å². The van der Waals surface area contributed by atoms with E-state index in [1.807, 2.05) is 19.1 Å². The molecule has 2 aromatic heterocycles. The Morgan fingerprint density at radius 2 is 2.10 bits per heavy atom. The molecule has 5 heteroatoms. The average molecular weight is 272 g/mol. The van der Waals surface area contributed by atoms with Gasteiger partial charge in [-0.05, 0) is 32.0 Å². The Kier molecular flexibility index (Phi) is 4.30. The topological polar surface area (TPSA) is 72.2 Å². The minimum absolute atomic E-state index is 0.130. The van der Waals surface area contributed by atoms with E-state index in [1.54, 1.807) is 6.07 Å². The molecule has 1 amide bonds. The number of ketones is 1. The highest BCUT2D eigenvalue weighted by Crippen LogP contribution is 2.15. The predicted molar refractivity (Wildman–Crippen MR) is 74.6 cm³/mol. The number of rotatable bonds is 5. The van der Waals surface area contributed by atoms with Crippen LogP contribution >= 0.6 is 0 Å². The molecule has 0 atom stereocenters. The number of furan rings is 1. The Morgan fingerprint density at radius 1 is 1.30 bits per heavy atom. The van der Waals surface area contributed by atoms with Crippen molar-refractivity contribution in [3.63, 3.8) is 0 Å². The molecule has 0 aromatic carbocycles. The molecule has 2 aromatic rings. The van der Waals surface area contributed by atoms with Crippen molar-refractivity contribution in [3.8, 4) is 0 Å². The van der Waals surface area contributed by atoms with Crippen molar-refractivity contribution in [1.29, 1.82) is 0 Å². The van der Waals surface area contributed by atoms with E-state index >= 15 is 0 Å². The van der Waals surface area contributed by atoms with E-state index in [-0.39, 0.29) is 11.7 Å². The van der Waals surface area contributed by atoms with E-state index in [0.29, 0.717) is 24.1 Å². The van der Waals surface area contributed by atoms with Crippen LogP contribution in [0.5, 0.6) is 0 Å². The maximum absolute atomic E-state index is 11.9. The summed E-state index contributed by atoms with van der Waals surface area (Å²) in [7, 11) is 0. The van der Waals surface area contributed by atoms with E-state index < -0.39 is 0 Å². The molecule has 20 heavy (non-hydrogen) atoms. The fraction of sp³-hybridized carbons (Fsp3) is 0.267. The first-order valence-corrected chi connectivity index (χ1v) is 6.36. The molecular formula is C15H16N2O3. The highest BCUT2D eigenvalue weighted by Gasteiger charge is 2.11. The lowest BCUT2D eigenvalue weighted by atomic mass is 10.1. The van der Waals surface area contributed by atoms with Gasteiger partial charge in [0.1, 0.15) is 11.5 Å². The SMILES string of the molecule is CC(=O)c1cnccc1NC(=O)CCc1ccc(C)o1. The summed E-state index contributed by atoms with van der Waals surface area (Å²) >= 11 is 0. The molecule has 0 aliphatic rings. The number of carbonyl (C=O) groups excluding carboxylic acids is 2. The molecule has 104 valence electrons. The van der Waals surface area contributed by atoms with E-state index in [4.69, 9.17) is 4.42 Å². The van der Waals surface area contributed by atoms with Gasteiger partial charge < -0.3 is 9.73 Å². The van der Waals surface area contributed by atoms with Crippen molar-refractivity contribution in [2.45, 2.75) is 26.7 Å². The van der Waals surface area contributed by atoms with E-state index in [9.17, 15) is 9.59 Å². The summed E-state index contributed by atoms with van der Waals surface area (Å²) in [5.74, 6) is 1.32. The van der Waals surface area contributed by atoms with E-state index in [2.05, 4.69) is 10.3 Å². The van der Waals surface area contributed by atoms with Gasteiger partial charge in [0.25, 0.3) is 0 Å². The Balaban J connectivity index is 1.96. The smallest absolute Gasteiger partial charge is 0.224 e. The number of nitrogens with one attached hydrogen (secondary N) is 1. The summed E-state index contributed by atoms with van der Waals surface area (Å²) in [5.41, 5.74) is 0.905. The highest BCUT2D eigenvalue weighted by atomic mass is 16.3. The fourth-order valence-electron chi connectivity index (χ4n) is 1.85. The summed E-state index contributed by atoms with van der Waals surface area (Å²) in [4.78, 5) is 27.2. The Hall–Kier alpha value is -2.43. The van der Waals surface area contributed by atoms with E-state index in [0.717, 1.165) is 11.5 Å². The van der Waals surface area contributed by atoms with E-state index in [1.165, 1.54) is 19.3 Å². The molecule has 0 fully saturated rings. The minimum Gasteiger partial charge on any atom is -0.466 e. The lowest BCUT2D eigenvalue weighted by Gasteiger charge is -2.07. The van der Waals surface area contributed by atoms with Crippen LogP contribution in [0.1, 0.15) is 35.2 Å². The number of Topliss-reactive ketones (excluding diaryl/α,β-unsaturated/α-hetero) is 1. The molecule has 0 aliphatic carbocycles. The molecule has 0 saturated carbocycles. The summed E-state index contributed by atoms with van der Waals surface area (Å²) in [6.45, 7) is 3.30. The van der Waals surface area contributed by atoms with Crippen molar-refractivity contribution < 1.29 is 14.0 Å². The molecule has 0 radical (unpaired) electrons. The fourth-order valence-corrected chi connectivity index (χ4v) is 1.85. The second-order valence-electron chi connectivity index (χ2n) is 4.54. The third kappa shape index (κ3) is 3.54. The summed E-state index contributed by atoms with van der Waals surface area (Å²) in [6.07, 6.45) is 3.82. The first-order chi connectivity index (χ1) is 9.56. The standard InChI is InChI=1S/C15H16N2O3/c1-10-3-4-12(20-10)5-6-15(19)17-14-7-8-16-9-13(14)11(2)18/h3-4,7-9H,5-6H2,1-2H3,(H,16,17,19). The number of aromatic nitrogens is 1. The first-order valence-electron chi connectivity index (χ1n) is 6.36. The minimum atomic E-state index is -0.159. The third-order valence-corrected chi connectivity index (χ3v) is 2.87. The molecule has 2 rings (SSSR count). The van der Waals surface area contributed by atoms with Crippen molar-refractivity contribution in [1.82, 2.24) is 4.98 Å². The number of anilines is 1. The molecule has 0 unspecified atom stereocenters. The predicted octanol–water partition coefficient (Wildman–Crippen LogP) is 2.76. The molecule has 2 heterocycles. The maximum atomic E-state index is 11.9. The number of hydrogen-bond acceptors (Lipinski definition) is 4. The Labute approximate surface area is 117 Å². The monoisotopic (exact) mass is 272 g/mol. The van der Waals surface area contributed by atoms with Crippen LogP contribution in [0.3, 0.4) is 0 Å². The molecule has 0 aliphatic heterocycles. The normalized spacial score (nSPS) is 10.3. The second-order valence-corrected chi connectivity index (χ2v) is 4.54. The number of nitrogens with zero attached hydrogens (tertiary/aromatic N) is 1. The average Bonchev–Trinajstić information content (AvgIpc) is 2.83. The number of pyridine rings is 1. The van der Waals surface area contributed by atoms with Crippen molar-refractivity contribution >= 4 is 17.4 Å².